The molecule has 20 heavy (non-hydrogen) atoms. The summed E-state index contributed by atoms with van der Waals surface area (Å²) < 4.78 is 0.954. The maximum absolute atomic E-state index is 12.2. The Morgan fingerprint density at radius 3 is 2.40 bits per heavy atom. The van der Waals surface area contributed by atoms with E-state index in [0.29, 0.717) is 18.0 Å². The van der Waals surface area contributed by atoms with Gasteiger partial charge in [-0.1, -0.05) is 29.8 Å². The predicted octanol–water partition coefficient (Wildman–Crippen LogP) is 2.50. The predicted molar refractivity (Wildman–Crippen MR) is 80.3 cm³/mol. The van der Waals surface area contributed by atoms with Gasteiger partial charge < -0.3 is 5.32 Å². The third kappa shape index (κ3) is 3.90. The molecule has 1 amide bonds. The van der Waals surface area contributed by atoms with Gasteiger partial charge in [0.05, 0.1) is 25.0 Å². The summed E-state index contributed by atoms with van der Waals surface area (Å²) in [5.74, 6) is 0.212. The molecule has 2 rings (SSSR count). The van der Waals surface area contributed by atoms with Crippen molar-refractivity contribution in [2.24, 2.45) is 5.92 Å². The van der Waals surface area contributed by atoms with Gasteiger partial charge in [0.15, 0.2) is 0 Å². The first-order valence-electron chi connectivity index (χ1n) is 6.47. The minimum atomic E-state index is -0.0802. The van der Waals surface area contributed by atoms with Gasteiger partial charge in [-0.3, -0.25) is 4.79 Å². The van der Waals surface area contributed by atoms with Crippen LogP contribution in [0, 0.1) is 5.92 Å². The van der Waals surface area contributed by atoms with Crippen molar-refractivity contribution in [3.8, 4) is 0 Å². The minimum Gasteiger partial charge on any atom is -0.347 e. The van der Waals surface area contributed by atoms with E-state index in [9.17, 15) is 4.79 Å². The summed E-state index contributed by atoms with van der Waals surface area (Å²) in [7, 11) is 0. The van der Waals surface area contributed by atoms with E-state index in [2.05, 4.69) is 45.3 Å². The smallest absolute Gasteiger partial charge is 0.251 e. The van der Waals surface area contributed by atoms with E-state index in [4.69, 9.17) is 0 Å². The lowest BCUT2D eigenvalue weighted by Crippen LogP contribution is -2.42. The molecule has 0 saturated carbocycles. The summed E-state index contributed by atoms with van der Waals surface area (Å²) in [6.45, 7) is 4.69. The van der Waals surface area contributed by atoms with Gasteiger partial charge in [0.2, 0.25) is 0 Å². The van der Waals surface area contributed by atoms with Crippen LogP contribution in [0.4, 0.5) is 0 Å². The van der Waals surface area contributed by atoms with Crippen molar-refractivity contribution >= 4 is 21.8 Å². The molecule has 0 aliphatic carbocycles. The van der Waals surface area contributed by atoms with Crippen molar-refractivity contribution < 1.29 is 4.79 Å². The van der Waals surface area contributed by atoms with Crippen LogP contribution >= 0.6 is 15.9 Å². The number of carbonyl (C=O) groups excluding carboxylic acids is 1. The molecule has 6 heteroatoms. The first kappa shape index (κ1) is 14.7. The fourth-order valence-electron chi connectivity index (χ4n) is 1.79. The molecule has 0 aliphatic rings. The monoisotopic (exact) mass is 336 g/mol. The van der Waals surface area contributed by atoms with E-state index >= 15 is 0 Å². The Morgan fingerprint density at radius 1 is 1.25 bits per heavy atom. The topological polar surface area (TPSA) is 59.8 Å². The maximum Gasteiger partial charge on any atom is 0.251 e. The lowest BCUT2D eigenvalue weighted by atomic mass is 10.0. The highest BCUT2D eigenvalue weighted by Gasteiger charge is 2.18. The highest BCUT2D eigenvalue weighted by molar-refractivity contribution is 9.10. The van der Waals surface area contributed by atoms with E-state index in [-0.39, 0.29) is 11.9 Å². The van der Waals surface area contributed by atoms with E-state index in [1.54, 1.807) is 29.3 Å². The average molecular weight is 337 g/mol. The van der Waals surface area contributed by atoms with Crippen molar-refractivity contribution in [3.05, 3.63) is 46.7 Å². The quantitative estimate of drug-likeness (QED) is 0.912. The van der Waals surface area contributed by atoms with E-state index in [1.807, 2.05) is 12.1 Å². The summed E-state index contributed by atoms with van der Waals surface area (Å²) in [5, 5.41) is 11.2. The van der Waals surface area contributed by atoms with Gasteiger partial charge in [0.25, 0.3) is 5.91 Å². The lowest BCUT2D eigenvalue weighted by Gasteiger charge is -2.21. The average Bonchev–Trinajstić information content (AvgIpc) is 2.91. The zero-order valence-corrected chi connectivity index (χ0v) is 13.0. The number of nitrogens with zero attached hydrogens (tertiary/aromatic N) is 3. The van der Waals surface area contributed by atoms with Crippen LogP contribution in [0.2, 0.25) is 0 Å². The lowest BCUT2D eigenvalue weighted by molar-refractivity contribution is 0.0918. The number of aromatic nitrogens is 3. The molecule has 106 valence electrons. The number of hydrogen-bond acceptors (Lipinski definition) is 3. The van der Waals surface area contributed by atoms with Crippen LogP contribution in [0.3, 0.4) is 0 Å². The van der Waals surface area contributed by atoms with Crippen LogP contribution in [0.15, 0.2) is 41.1 Å². The molecule has 0 fully saturated rings. The van der Waals surface area contributed by atoms with Crippen molar-refractivity contribution in [1.29, 1.82) is 0 Å². The first-order chi connectivity index (χ1) is 9.56. The normalized spacial score (nSPS) is 12.4. The fourth-order valence-corrected chi connectivity index (χ4v) is 2.05. The number of amides is 1. The zero-order chi connectivity index (χ0) is 14.5. The number of nitrogens with one attached hydrogen (secondary N) is 1. The van der Waals surface area contributed by atoms with E-state index < -0.39 is 0 Å². The summed E-state index contributed by atoms with van der Waals surface area (Å²) in [6.07, 6.45) is 3.27. The number of halogens is 1. The molecule has 1 N–H and O–H groups in total. The Hall–Kier alpha value is -1.69. The van der Waals surface area contributed by atoms with Gasteiger partial charge in [0.1, 0.15) is 0 Å². The molecule has 0 bridgehead atoms. The highest BCUT2D eigenvalue weighted by atomic mass is 79.9. The van der Waals surface area contributed by atoms with Gasteiger partial charge in [-0.25, -0.2) is 0 Å². The number of benzene rings is 1. The molecular formula is C14H17BrN4O. The molecule has 0 spiro atoms. The van der Waals surface area contributed by atoms with Gasteiger partial charge in [-0.05, 0) is 30.2 Å². The van der Waals surface area contributed by atoms with Gasteiger partial charge in [0, 0.05) is 10.0 Å². The molecule has 0 radical (unpaired) electrons. The van der Waals surface area contributed by atoms with E-state index in [0.717, 1.165) is 4.47 Å². The SMILES string of the molecule is CC(C)C(Cn1nccn1)NC(=O)c1ccc(Br)cc1. The van der Waals surface area contributed by atoms with Crippen molar-refractivity contribution in [3.63, 3.8) is 0 Å². The Kier molecular flexibility index (Phi) is 4.89. The largest absolute Gasteiger partial charge is 0.347 e. The summed E-state index contributed by atoms with van der Waals surface area (Å²) in [5.41, 5.74) is 0.646. The molecule has 1 unspecified atom stereocenters. The van der Waals surface area contributed by atoms with Crippen LogP contribution in [0.1, 0.15) is 24.2 Å². The second kappa shape index (κ2) is 6.65. The van der Waals surface area contributed by atoms with Gasteiger partial charge in [-0.2, -0.15) is 15.0 Å². The van der Waals surface area contributed by atoms with E-state index in [1.165, 1.54) is 0 Å². The molecule has 1 atom stereocenters. The van der Waals surface area contributed by atoms with Crippen LogP contribution in [0.25, 0.3) is 0 Å². The van der Waals surface area contributed by atoms with Gasteiger partial charge in [-0.15, -0.1) is 0 Å². The molecule has 1 heterocycles. The van der Waals surface area contributed by atoms with Gasteiger partial charge >= 0.3 is 0 Å². The summed E-state index contributed by atoms with van der Waals surface area (Å²) >= 11 is 3.36. The molecule has 0 aliphatic heterocycles. The standard InChI is InChI=1S/C14H17BrN4O/c1-10(2)13(9-19-16-7-8-17-19)18-14(20)11-3-5-12(15)6-4-11/h3-8,10,13H,9H2,1-2H3,(H,18,20). The maximum atomic E-state index is 12.2. The van der Waals surface area contributed by atoms with Crippen LogP contribution in [-0.2, 0) is 6.54 Å². The van der Waals surface area contributed by atoms with Crippen LogP contribution in [0.5, 0.6) is 0 Å². The molecular weight excluding hydrogens is 320 g/mol. The number of carbonyl (C=O) groups is 1. The minimum absolute atomic E-state index is 0.0152. The Bertz CT molecular complexity index is 551. The molecule has 1 aromatic heterocycles. The first-order valence-corrected chi connectivity index (χ1v) is 7.26. The second-order valence-electron chi connectivity index (χ2n) is 4.91. The second-order valence-corrected chi connectivity index (χ2v) is 5.83. The summed E-state index contributed by atoms with van der Waals surface area (Å²) in [4.78, 5) is 13.8. The van der Waals surface area contributed by atoms with Crippen LogP contribution in [-0.4, -0.2) is 26.9 Å². The number of rotatable bonds is 5. The third-order valence-corrected chi connectivity index (χ3v) is 3.58. The molecule has 5 nitrogen and oxygen atoms in total. The zero-order valence-electron chi connectivity index (χ0n) is 11.5. The fraction of sp³-hybridized carbons (Fsp3) is 0.357. The van der Waals surface area contributed by atoms with Crippen molar-refractivity contribution in [2.75, 3.05) is 0 Å². The molecule has 2 aromatic rings. The Balaban J connectivity index is 2.04. The molecule has 0 saturated heterocycles. The Labute approximate surface area is 126 Å². The summed E-state index contributed by atoms with van der Waals surface area (Å²) in [6, 6.07) is 7.28. The highest BCUT2D eigenvalue weighted by Crippen LogP contribution is 2.11. The van der Waals surface area contributed by atoms with Crippen molar-refractivity contribution in [1.82, 2.24) is 20.3 Å². The number of hydrogen-bond donors (Lipinski definition) is 1. The van der Waals surface area contributed by atoms with Crippen molar-refractivity contribution in [2.45, 2.75) is 26.4 Å². The third-order valence-electron chi connectivity index (χ3n) is 3.05. The van der Waals surface area contributed by atoms with Crippen LogP contribution < -0.4 is 5.32 Å². The Morgan fingerprint density at radius 2 is 1.85 bits per heavy atom. The molecule has 1 aromatic carbocycles.